The van der Waals surface area contributed by atoms with Crippen LogP contribution in [0.25, 0.3) is 0 Å². The van der Waals surface area contributed by atoms with Crippen LogP contribution in [0.1, 0.15) is 6.92 Å². The third-order valence-electron chi connectivity index (χ3n) is 2.63. The lowest BCUT2D eigenvalue weighted by Crippen LogP contribution is -2.38. The minimum Gasteiger partial charge on any atom is -0.392 e. The number of hydrogen-bond donors (Lipinski definition) is 3. The van der Waals surface area contributed by atoms with Crippen molar-refractivity contribution in [3.8, 4) is 0 Å². The number of halogens is 3. The Bertz CT molecular complexity index is 541. The molecule has 1 rings (SSSR count). The summed E-state index contributed by atoms with van der Waals surface area (Å²) in [7, 11) is -5.33. The van der Waals surface area contributed by atoms with Crippen molar-refractivity contribution in [1.82, 2.24) is 0 Å². The number of hydrogen-bond acceptors (Lipinski definition) is 5. The van der Waals surface area contributed by atoms with E-state index in [1.807, 2.05) is 0 Å². The highest BCUT2D eigenvalue weighted by Gasteiger charge is 2.46. The van der Waals surface area contributed by atoms with Crippen LogP contribution < -0.4 is 11.1 Å². The molecular formula is C11H15F3N2O3S. The van der Waals surface area contributed by atoms with Crippen LogP contribution in [0.15, 0.2) is 29.2 Å². The Kier molecular flexibility index (Phi) is 5.00. The van der Waals surface area contributed by atoms with Crippen LogP contribution >= 0.6 is 0 Å². The lowest BCUT2D eigenvalue weighted by Gasteiger charge is -2.16. The summed E-state index contributed by atoms with van der Waals surface area (Å²) in [4.78, 5) is -0.824. The van der Waals surface area contributed by atoms with Crippen LogP contribution in [0.3, 0.4) is 0 Å². The van der Waals surface area contributed by atoms with Gasteiger partial charge in [-0.1, -0.05) is 0 Å². The molecule has 0 radical (unpaired) electrons. The molecule has 0 amide bonds. The van der Waals surface area contributed by atoms with Gasteiger partial charge in [0.05, 0.1) is 11.0 Å². The van der Waals surface area contributed by atoms with Gasteiger partial charge in [-0.2, -0.15) is 13.2 Å². The Morgan fingerprint density at radius 2 is 1.80 bits per heavy atom. The van der Waals surface area contributed by atoms with Gasteiger partial charge in [-0.3, -0.25) is 0 Å². The number of nitrogens with two attached hydrogens (primary N) is 1. The number of anilines is 1. The van der Waals surface area contributed by atoms with Gasteiger partial charge >= 0.3 is 5.51 Å². The summed E-state index contributed by atoms with van der Waals surface area (Å²) in [6.45, 7) is 1.70. The molecule has 5 nitrogen and oxygen atoms in total. The number of sulfone groups is 1. The quantitative estimate of drug-likeness (QED) is 0.757. The first-order valence-corrected chi connectivity index (χ1v) is 7.13. The number of aliphatic hydroxyl groups is 1. The molecule has 2 atom stereocenters. The van der Waals surface area contributed by atoms with Crippen LogP contribution in [0, 0.1) is 0 Å². The second-order valence-corrected chi connectivity index (χ2v) is 6.20. The molecule has 9 heteroatoms. The van der Waals surface area contributed by atoms with Crippen molar-refractivity contribution in [2.45, 2.75) is 29.5 Å². The van der Waals surface area contributed by atoms with E-state index in [4.69, 9.17) is 10.8 Å². The van der Waals surface area contributed by atoms with Crippen LogP contribution in [-0.2, 0) is 9.84 Å². The topological polar surface area (TPSA) is 92.4 Å². The van der Waals surface area contributed by atoms with Crippen molar-refractivity contribution in [3.63, 3.8) is 0 Å². The smallest absolute Gasteiger partial charge is 0.392 e. The van der Waals surface area contributed by atoms with Gasteiger partial charge in [-0.15, -0.1) is 0 Å². The summed E-state index contributed by atoms with van der Waals surface area (Å²) in [6.07, 6.45) is -0.743. The fraction of sp³-hybridized carbons (Fsp3) is 0.455. The molecule has 20 heavy (non-hydrogen) atoms. The summed E-state index contributed by atoms with van der Waals surface area (Å²) in [5.74, 6) is 0. The van der Waals surface area contributed by atoms with Crippen molar-refractivity contribution in [2.75, 3.05) is 11.9 Å². The van der Waals surface area contributed by atoms with Crippen molar-refractivity contribution in [1.29, 1.82) is 0 Å². The molecular weight excluding hydrogens is 297 g/mol. The number of nitrogens with one attached hydrogen (secondary N) is 1. The summed E-state index contributed by atoms with van der Waals surface area (Å²) >= 11 is 0. The summed E-state index contributed by atoms with van der Waals surface area (Å²) in [6, 6.07) is 3.58. The van der Waals surface area contributed by atoms with E-state index in [2.05, 4.69) is 5.32 Å². The lowest BCUT2D eigenvalue weighted by atomic mass is 10.2. The molecule has 0 heterocycles. The molecule has 1 aromatic carbocycles. The SMILES string of the molecule is CC(O)C(N)CNc1ccc(S(=O)(=O)C(F)(F)F)cc1. The maximum atomic E-state index is 12.3. The van der Waals surface area contributed by atoms with Crippen molar-refractivity contribution < 1.29 is 26.7 Å². The summed E-state index contributed by atoms with van der Waals surface area (Å²) < 4.78 is 59.2. The van der Waals surface area contributed by atoms with Gasteiger partial charge in [-0.25, -0.2) is 8.42 Å². The monoisotopic (exact) mass is 312 g/mol. The van der Waals surface area contributed by atoms with E-state index in [9.17, 15) is 21.6 Å². The maximum Gasteiger partial charge on any atom is 0.501 e. The molecule has 0 aliphatic carbocycles. The third kappa shape index (κ3) is 3.84. The molecule has 0 aromatic heterocycles. The summed E-state index contributed by atoms with van der Waals surface area (Å²) in [5.41, 5.74) is 0.645. The molecule has 4 N–H and O–H groups in total. The molecule has 0 saturated carbocycles. The normalized spacial score (nSPS) is 15.7. The largest absolute Gasteiger partial charge is 0.501 e. The predicted molar refractivity (Wildman–Crippen MR) is 67.8 cm³/mol. The van der Waals surface area contributed by atoms with Gasteiger partial charge in [0.1, 0.15) is 0 Å². The van der Waals surface area contributed by atoms with Gasteiger partial charge in [-0.05, 0) is 31.2 Å². The van der Waals surface area contributed by atoms with Crippen molar-refractivity contribution in [3.05, 3.63) is 24.3 Å². The van der Waals surface area contributed by atoms with Gasteiger partial charge < -0.3 is 16.2 Å². The minimum atomic E-state index is -5.33. The van der Waals surface area contributed by atoms with Gasteiger partial charge in [0, 0.05) is 18.3 Å². The standard InChI is InChI=1S/C11H15F3N2O3S/c1-7(17)10(15)6-16-8-2-4-9(5-3-8)20(18,19)11(12,13)14/h2-5,7,10,16-17H,6,15H2,1H3. The average molecular weight is 312 g/mol. The van der Waals surface area contributed by atoms with E-state index in [1.165, 1.54) is 19.1 Å². The average Bonchev–Trinajstić information content (AvgIpc) is 2.34. The fourth-order valence-corrected chi connectivity index (χ4v) is 2.05. The maximum absolute atomic E-state index is 12.3. The zero-order valence-corrected chi connectivity index (χ0v) is 11.4. The van der Waals surface area contributed by atoms with E-state index in [0.717, 1.165) is 12.1 Å². The molecule has 1 aromatic rings. The zero-order chi connectivity index (χ0) is 15.6. The number of benzene rings is 1. The number of aliphatic hydroxyl groups excluding tert-OH is 1. The van der Waals surface area contributed by atoms with E-state index >= 15 is 0 Å². The van der Waals surface area contributed by atoms with E-state index < -0.39 is 32.4 Å². The van der Waals surface area contributed by atoms with Crippen LogP contribution in [0.2, 0.25) is 0 Å². The van der Waals surface area contributed by atoms with E-state index in [1.54, 1.807) is 0 Å². The molecule has 0 spiro atoms. The molecule has 0 fully saturated rings. The first kappa shape index (κ1) is 16.7. The van der Waals surface area contributed by atoms with E-state index in [0.29, 0.717) is 5.69 Å². The second kappa shape index (κ2) is 5.98. The van der Waals surface area contributed by atoms with Gasteiger partial charge in [0.15, 0.2) is 0 Å². The Balaban J connectivity index is 2.80. The number of alkyl halides is 3. The Morgan fingerprint density at radius 3 is 2.20 bits per heavy atom. The van der Waals surface area contributed by atoms with Crippen LogP contribution in [0.4, 0.5) is 18.9 Å². The molecule has 0 aliphatic heterocycles. The number of rotatable bonds is 5. The first-order valence-electron chi connectivity index (χ1n) is 5.64. The predicted octanol–water partition coefficient (Wildman–Crippen LogP) is 1.10. The van der Waals surface area contributed by atoms with Crippen molar-refractivity contribution >= 4 is 15.5 Å². The summed E-state index contributed by atoms with van der Waals surface area (Å²) in [5, 5.41) is 12.0. The third-order valence-corrected chi connectivity index (χ3v) is 4.13. The zero-order valence-electron chi connectivity index (χ0n) is 10.6. The fourth-order valence-electron chi connectivity index (χ4n) is 1.29. The van der Waals surface area contributed by atoms with Crippen molar-refractivity contribution in [2.24, 2.45) is 5.73 Å². The molecule has 114 valence electrons. The second-order valence-electron chi connectivity index (χ2n) is 4.26. The van der Waals surface area contributed by atoms with Crippen LogP contribution in [-0.4, -0.2) is 37.7 Å². The molecule has 0 bridgehead atoms. The van der Waals surface area contributed by atoms with Gasteiger partial charge in [0.2, 0.25) is 0 Å². The van der Waals surface area contributed by atoms with Crippen LogP contribution in [0.5, 0.6) is 0 Å². The lowest BCUT2D eigenvalue weighted by molar-refractivity contribution is -0.0436. The van der Waals surface area contributed by atoms with E-state index in [-0.39, 0.29) is 6.54 Å². The Morgan fingerprint density at radius 1 is 1.30 bits per heavy atom. The highest BCUT2D eigenvalue weighted by molar-refractivity contribution is 7.92. The minimum absolute atomic E-state index is 0.197. The Hall–Kier alpha value is -1.32. The molecule has 0 aliphatic rings. The highest BCUT2D eigenvalue weighted by atomic mass is 32.2. The first-order chi connectivity index (χ1) is 9.05. The Labute approximate surface area is 114 Å². The molecule has 0 saturated heterocycles. The highest BCUT2D eigenvalue weighted by Crippen LogP contribution is 2.30. The van der Waals surface area contributed by atoms with Gasteiger partial charge in [0.25, 0.3) is 9.84 Å². The molecule has 2 unspecified atom stereocenters.